The topological polar surface area (TPSA) is 66.9 Å². The molecule has 0 aromatic heterocycles. The van der Waals surface area contributed by atoms with Crippen molar-refractivity contribution in [3.05, 3.63) is 33.9 Å². The van der Waals surface area contributed by atoms with E-state index in [1.807, 2.05) is 12.3 Å². The highest BCUT2D eigenvalue weighted by Gasteiger charge is 2.09. The molecular formula is C8H6N2O2S. The molecule has 0 radical (unpaired) electrons. The van der Waals surface area contributed by atoms with Crippen LogP contribution in [0.2, 0.25) is 0 Å². The van der Waals surface area contributed by atoms with Crippen molar-refractivity contribution in [3.63, 3.8) is 0 Å². The molecule has 0 heterocycles. The van der Waals surface area contributed by atoms with Crippen LogP contribution in [-0.2, 0) is 0 Å². The van der Waals surface area contributed by atoms with Gasteiger partial charge < -0.3 is 0 Å². The molecule has 0 fully saturated rings. The summed E-state index contributed by atoms with van der Waals surface area (Å²) in [6.07, 6.45) is 1.82. The van der Waals surface area contributed by atoms with Crippen LogP contribution < -0.4 is 0 Å². The van der Waals surface area contributed by atoms with E-state index >= 15 is 0 Å². The lowest BCUT2D eigenvalue weighted by atomic mass is 10.2. The summed E-state index contributed by atoms with van der Waals surface area (Å²) in [4.78, 5) is 10.6. The van der Waals surface area contributed by atoms with E-state index < -0.39 is 4.92 Å². The minimum absolute atomic E-state index is 0.0469. The zero-order chi connectivity index (χ0) is 9.84. The molecule has 0 aliphatic carbocycles. The molecule has 1 aromatic rings. The van der Waals surface area contributed by atoms with Gasteiger partial charge in [0.25, 0.3) is 5.69 Å². The molecule has 13 heavy (non-hydrogen) atoms. The lowest BCUT2D eigenvalue weighted by molar-refractivity contribution is -0.384. The quantitative estimate of drug-likeness (QED) is 0.411. The molecule has 0 saturated heterocycles. The second-order valence-corrected chi connectivity index (χ2v) is 3.10. The Morgan fingerprint density at radius 1 is 1.62 bits per heavy atom. The summed E-state index contributed by atoms with van der Waals surface area (Å²) in [5, 5.41) is 19.0. The Morgan fingerprint density at radius 3 is 2.77 bits per heavy atom. The summed E-state index contributed by atoms with van der Waals surface area (Å²) in [5.74, 6) is 0. The zero-order valence-corrected chi connectivity index (χ0v) is 7.67. The van der Waals surface area contributed by atoms with Gasteiger partial charge in [0.2, 0.25) is 0 Å². The van der Waals surface area contributed by atoms with E-state index in [1.54, 1.807) is 6.07 Å². The van der Waals surface area contributed by atoms with Gasteiger partial charge in [0.05, 0.1) is 10.5 Å². The first-order valence-electron chi connectivity index (χ1n) is 3.41. The highest BCUT2D eigenvalue weighted by atomic mass is 32.2. The molecule has 0 unspecified atom stereocenters. The number of rotatable bonds is 2. The third-order valence-electron chi connectivity index (χ3n) is 1.51. The molecule has 1 rings (SSSR count). The van der Waals surface area contributed by atoms with Crippen molar-refractivity contribution >= 4 is 17.4 Å². The second kappa shape index (κ2) is 3.92. The standard InChI is InChI=1S/C8H6N2O2S/c1-13-8-3-2-7(10(11)12)4-6(8)5-9/h2-4H,1H3. The minimum Gasteiger partial charge on any atom is -0.258 e. The second-order valence-electron chi connectivity index (χ2n) is 2.25. The lowest BCUT2D eigenvalue weighted by Crippen LogP contribution is -1.89. The van der Waals surface area contributed by atoms with Gasteiger partial charge in [-0.15, -0.1) is 11.8 Å². The predicted molar refractivity (Wildman–Crippen MR) is 49.6 cm³/mol. The van der Waals surface area contributed by atoms with Crippen molar-refractivity contribution in [1.29, 1.82) is 5.26 Å². The number of nitrogens with zero attached hydrogens (tertiary/aromatic N) is 2. The van der Waals surface area contributed by atoms with E-state index in [-0.39, 0.29) is 5.69 Å². The van der Waals surface area contributed by atoms with E-state index in [0.29, 0.717) is 5.56 Å². The van der Waals surface area contributed by atoms with Gasteiger partial charge in [0, 0.05) is 17.0 Å². The lowest BCUT2D eigenvalue weighted by Gasteiger charge is -1.98. The van der Waals surface area contributed by atoms with Gasteiger partial charge in [0.1, 0.15) is 6.07 Å². The average Bonchev–Trinajstić information content (AvgIpc) is 2.16. The summed E-state index contributed by atoms with van der Waals surface area (Å²) in [5.41, 5.74) is 0.302. The van der Waals surface area contributed by atoms with Gasteiger partial charge in [0.15, 0.2) is 0 Å². The van der Waals surface area contributed by atoms with Crippen LogP contribution in [0.4, 0.5) is 5.69 Å². The largest absolute Gasteiger partial charge is 0.270 e. The highest BCUT2D eigenvalue weighted by molar-refractivity contribution is 7.98. The molecule has 0 aliphatic rings. The van der Waals surface area contributed by atoms with E-state index in [1.165, 1.54) is 23.9 Å². The van der Waals surface area contributed by atoms with Crippen molar-refractivity contribution < 1.29 is 4.92 Å². The van der Waals surface area contributed by atoms with Crippen molar-refractivity contribution in [2.45, 2.75) is 4.90 Å². The van der Waals surface area contributed by atoms with Gasteiger partial charge in [-0.2, -0.15) is 5.26 Å². The van der Waals surface area contributed by atoms with E-state index in [0.717, 1.165) is 4.90 Å². The molecule has 4 nitrogen and oxygen atoms in total. The van der Waals surface area contributed by atoms with E-state index in [9.17, 15) is 10.1 Å². The van der Waals surface area contributed by atoms with Gasteiger partial charge >= 0.3 is 0 Å². The van der Waals surface area contributed by atoms with Crippen molar-refractivity contribution in [2.75, 3.05) is 6.26 Å². The number of non-ortho nitro benzene ring substituents is 1. The summed E-state index contributed by atoms with van der Waals surface area (Å²) in [6.45, 7) is 0. The van der Waals surface area contributed by atoms with Crippen LogP contribution >= 0.6 is 11.8 Å². The number of thioether (sulfide) groups is 1. The average molecular weight is 194 g/mol. The summed E-state index contributed by atoms with van der Waals surface area (Å²) in [6, 6.07) is 6.18. The Balaban J connectivity index is 3.23. The SMILES string of the molecule is CSc1ccc([N+](=O)[O-])cc1C#N. The molecule has 1 aromatic carbocycles. The van der Waals surface area contributed by atoms with E-state index in [2.05, 4.69) is 0 Å². The number of benzene rings is 1. The number of nitro benzene ring substituents is 1. The number of nitriles is 1. The number of hydrogen-bond acceptors (Lipinski definition) is 4. The Labute approximate surface area is 79.3 Å². The van der Waals surface area contributed by atoms with Gasteiger partial charge in [-0.3, -0.25) is 10.1 Å². The molecule has 0 atom stereocenters. The first-order valence-corrected chi connectivity index (χ1v) is 4.64. The van der Waals surface area contributed by atoms with Crippen molar-refractivity contribution in [2.24, 2.45) is 0 Å². The molecule has 66 valence electrons. The van der Waals surface area contributed by atoms with Gasteiger partial charge in [-0.1, -0.05) is 0 Å². The molecule has 0 N–H and O–H groups in total. The van der Waals surface area contributed by atoms with Gasteiger partial charge in [-0.05, 0) is 12.3 Å². The van der Waals surface area contributed by atoms with Crippen LogP contribution in [0, 0.1) is 21.4 Å². The Bertz CT molecular complexity index is 384. The maximum atomic E-state index is 10.4. The monoisotopic (exact) mass is 194 g/mol. The molecule has 0 aliphatic heterocycles. The fourth-order valence-electron chi connectivity index (χ4n) is 0.897. The zero-order valence-electron chi connectivity index (χ0n) is 6.85. The fourth-order valence-corrected chi connectivity index (χ4v) is 1.43. The maximum Gasteiger partial charge on any atom is 0.270 e. The van der Waals surface area contributed by atoms with Gasteiger partial charge in [-0.25, -0.2) is 0 Å². The minimum atomic E-state index is -0.509. The predicted octanol–water partition coefficient (Wildman–Crippen LogP) is 2.19. The molecule has 0 spiro atoms. The fraction of sp³-hybridized carbons (Fsp3) is 0.125. The maximum absolute atomic E-state index is 10.4. The van der Waals surface area contributed by atoms with Crippen LogP contribution in [0.1, 0.15) is 5.56 Å². The van der Waals surface area contributed by atoms with E-state index in [4.69, 9.17) is 5.26 Å². The Morgan fingerprint density at radius 2 is 2.31 bits per heavy atom. The summed E-state index contributed by atoms with van der Waals surface area (Å²) >= 11 is 1.40. The number of hydrogen-bond donors (Lipinski definition) is 0. The van der Waals surface area contributed by atoms with Crippen LogP contribution in [0.25, 0.3) is 0 Å². The number of nitro groups is 1. The Kier molecular flexibility index (Phi) is 2.88. The molecule has 0 amide bonds. The third-order valence-corrected chi connectivity index (χ3v) is 2.31. The third kappa shape index (κ3) is 1.98. The molecule has 0 saturated carbocycles. The summed E-state index contributed by atoms with van der Waals surface area (Å²) < 4.78 is 0. The van der Waals surface area contributed by atoms with Crippen LogP contribution in [0.15, 0.2) is 23.1 Å². The van der Waals surface area contributed by atoms with Crippen LogP contribution in [0.3, 0.4) is 0 Å². The highest BCUT2D eigenvalue weighted by Crippen LogP contribution is 2.23. The smallest absolute Gasteiger partial charge is 0.258 e. The molecule has 0 bridgehead atoms. The van der Waals surface area contributed by atoms with Crippen molar-refractivity contribution in [1.82, 2.24) is 0 Å². The normalized spacial score (nSPS) is 9.23. The molecular weight excluding hydrogens is 188 g/mol. The summed E-state index contributed by atoms with van der Waals surface area (Å²) in [7, 11) is 0. The molecule has 5 heteroatoms. The van der Waals surface area contributed by atoms with Crippen LogP contribution in [-0.4, -0.2) is 11.2 Å². The van der Waals surface area contributed by atoms with Crippen molar-refractivity contribution in [3.8, 4) is 6.07 Å². The van der Waals surface area contributed by atoms with Crippen LogP contribution in [0.5, 0.6) is 0 Å². The Hall–Kier alpha value is -1.54. The first-order chi connectivity index (χ1) is 6.19. The first kappa shape index (κ1) is 9.55.